The number of pyridine rings is 1. The number of alkyl halides is 2. The summed E-state index contributed by atoms with van der Waals surface area (Å²) in [6.07, 6.45) is 2.50. The van der Waals surface area contributed by atoms with E-state index in [0.29, 0.717) is 17.9 Å². The van der Waals surface area contributed by atoms with E-state index in [1.165, 1.54) is 13.0 Å². The molecule has 3 aromatic rings. The normalized spacial score (nSPS) is 19.4. The summed E-state index contributed by atoms with van der Waals surface area (Å²) in [6, 6.07) is 11.0. The summed E-state index contributed by atoms with van der Waals surface area (Å²) in [5.74, 6) is -0.393. The molecule has 1 amide bonds. The molecule has 6 nitrogen and oxygen atoms in total. The lowest BCUT2D eigenvalue weighted by molar-refractivity contribution is 0.0538. The molecule has 3 heterocycles. The van der Waals surface area contributed by atoms with Gasteiger partial charge in [0.2, 0.25) is 0 Å². The SMILES string of the molecule is Cc1cc(C(=O)N[C@@H]2COC[C@H]2Cc2ccnc3ccccc23)nn1C(F)F. The Morgan fingerprint density at radius 1 is 1.32 bits per heavy atom. The molecule has 0 bridgehead atoms. The second kappa shape index (κ2) is 7.63. The third-order valence-electron chi connectivity index (χ3n) is 5.08. The van der Waals surface area contributed by atoms with Crippen molar-refractivity contribution in [3.8, 4) is 0 Å². The van der Waals surface area contributed by atoms with Crippen molar-refractivity contribution in [2.75, 3.05) is 13.2 Å². The molecule has 1 saturated heterocycles. The first-order valence-electron chi connectivity index (χ1n) is 9.08. The first-order chi connectivity index (χ1) is 13.5. The molecule has 28 heavy (non-hydrogen) atoms. The minimum Gasteiger partial charge on any atom is -0.379 e. The van der Waals surface area contributed by atoms with E-state index in [2.05, 4.69) is 15.4 Å². The van der Waals surface area contributed by atoms with Crippen molar-refractivity contribution in [2.45, 2.75) is 25.9 Å². The Bertz CT molecular complexity index is 1000. The van der Waals surface area contributed by atoms with Crippen LogP contribution in [0, 0.1) is 12.8 Å². The second-order valence-electron chi connectivity index (χ2n) is 6.96. The van der Waals surface area contributed by atoms with Gasteiger partial charge in [0.1, 0.15) is 0 Å². The quantitative estimate of drug-likeness (QED) is 0.732. The van der Waals surface area contributed by atoms with E-state index in [0.717, 1.165) is 22.9 Å². The summed E-state index contributed by atoms with van der Waals surface area (Å²) in [4.78, 5) is 16.9. The Labute approximate surface area is 160 Å². The lowest BCUT2D eigenvalue weighted by atomic mass is 9.93. The van der Waals surface area contributed by atoms with Crippen LogP contribution >= 0.6 is 0 Å². The van der Waals surface area contributed by atoms with Crippen molar-refractivity contribution in [3.05, 3.63) is 59.5 Å². The van der Waals surface area contributed by atoms with Gasteiger partial charge in [-0.15, -0.1) is 0 Å². The van der Waals surface area contributed by atoms with Crippen LogP contribution in [0.3, 0.4) is 0 Å². The van der Waals surface area contributed by atoms with E-state index >= 15 is 0 Å². The summed E-state index contributed by atoms with van der Waals surface area (Å²) in [5.41, 5.74) is 2.28. The Kier molecular flexibility index (Phi) is 5.04. The molecule has 0 spiro atoms. The zero-order chi connectivity index (χ0) is 19.7. The molecule has 0 saturated carbocycles. The number of rotatable bonds is 5. The molecule has 8 heteroatoms. The van der Waals surface area contributed by atoms with Crippen LogP contribution in [0.15, 0.2) is 42.6 Å². The highest BCUT2D eigenvalue weighted by atomic mass is 19.3. The number of carbonyl (C=O) groups is 1. The van der Waals surface area contributed by atoms with Crippen molar-refractivity contribution in [3.63, 3.8) is 0 Å². The third-order valence-corrected chi connectivity index (χ3v) is 5.08. The number of nitrogens with zero attached hydrogens (tertiary/aromatic N) is 3. The molecule has 1 fully saturated rings. The minimum absolute atomic E-state index is 0.0159. The number of nitrogens with one attached hydrogen (secondary N) is 1. The number of carbonyl (C=O) groups excluding carboxylic acids is 1. The van der Waals surface area contributed by atoms with Crippen molar-refractivity contribution in [1.82, 2.24) is 20.1 Å². The van der Waals surface area contributed by atoms with Crippen LogP contribution in [0.4, 0.5) is 8.78 Å². The number of halogens is 2. The Hall–Kier alpha value is -2.87. The number of ether oxygens (including phenoxy) is 1. The van der Waals surface area contributed by atoms with Gasteiger partial charge in [-0.05, 0) is 37.1 Å². The number of para-hydroxylation sites is 1. The van der Waals surface area contributed by atoms with Crippen molar-refractivity contribution in [2.24, 2.45) is 5.92 Å². The van der Waals surface area contributed by atoms with Crippen LogP contribution in [0.1, 0.15) is 28.3 Å². The van der Waals surface area contributed by atoms with Crippen LogP contribution in [0.5, 0.6) is 0 Å². The van der Waals surface area contributed by atoms with Crippen LogP contribution in [-0.2, 0) is 11.2 Å². The number of aryl methyl sites for hydroxylation is 1. The summed E-state index contributed by atoms with van der Waals surface area (Å²) < 4.78 is 31.9. The molecule has 2 atom stereocenters. The second-order valence-corrected chi connectivity index (χ2v) is 6.96. The lowest BCUT2D eigenvalue weighted by Crippen LogP contribution is -2.40. The average Bonchev–Trinajstić information content (AvgIpc) is 3.28. The minimum atomic E-state index is -2.77. The van der Waals surface area contributed by atoms with Gasteiger partial charge in [0.15, 0.2) is 5.69 Å². The van der Waals surface area contributed by atoms with Gasteiger partial charge < -0.3 is 10.1 Å². The number of aromatic nitrogens is 3. The maximum atomic E-state index is 12.9. The highest BCUT2D eigenvalue weighted by molar-refractivity contribution is 5.92. The molecule has 1 aliphatic heterocycles. The van der Waals surface area contributed by atoms with Crippen LogP contribution in [-0.4, -0.2) is 39.9 Å². The van der Waals surface area contributed by atoms with E-state index in [4.69, 9.17) is 4.74 Å². The Morgan fingerprint density at radius 3 is 2.93 bits per heavy atom. The molecule has 1 aliphatic rings. The first kappa shape index (κ1) is 18.5. The van der Waals surface area contributed by atoms with Crippen LogP contribution in [0.2, 0.25) is 0 Å². The van der Waals surface area contributed by atoms with Crippen molar-refractivity contribution >= 4 is 16.8 Å². The highest BCUT2D eigenvalue weighted by Crippen LogP contribution is 2.24. The Morgan fingerprint density at radius 2 is 2.14 bits per heavy atom. The molecular weight excluding hydrogens is 366 g/mol. The molecular formula is C20H20F2N4O2. The molecule has 146 valence electrons. The smallest absolute Gasteiger partial charge is 0.333 e. The average molecular weight is 386 g/mol. The molecule has 1 aromatic carbocycles. The predicted octanol–water partition coefficient (Wildman–Crippen LogP) is 3.12. The van der Waals surface area contributed by atoms with Gasteiger partial charge in [-0.25, -0.2) is 4.68 Å². The monoisotopic (exact) mass is 386 g/mol. The van der Waals surface area contributed by atoms with Crippen LogP contribution in [0.25, 0.3) is 10.9 Å². The summed E-state index contributed by atoms with van der Waals surface area (Å²) in [6.45, 7) is -0.379. The first-order valence-corrected chi connectivity index (χ1v) is 9.08. The van der Waals surface area contributed by atoms with Gasteiger partial charge in [0.25, 0.3) is 5.91 Å². The zero-order valence-corrected chi connectivity index (χ0v) is 15.3. The summed E-state index contributed by atoms with van der Waals surface area (Å²) >= 11 is 0. The predicted molar refractivity (Wildman–Crippen MR) is 99.2 cm³/mol. The van der Waals surface area contributed by atoms with E-state index in [1.54, 1.807) is 6.20 Å². The standard InChI is InChI=1S/C20H20F2N4O2/c1-12-8-17(25-26(12)20(21)22)19(27)24-18-11-28-10-14(18)9-13-6-7-23-16-5-3-2-4-15(13)16/h2-8,14,18,20H,9-11H2,1H3,(H,24,27)/t14-,18-/m1/s1. The van der Waals surface area contributed by atoms with E-state index < -0.39 is 12.5 Å². The highest BCUT2D eigenvalue weighted by Gasteiger charge is 2.31. The van der Waals surface area contributed by atoms with Gasteiger partial charge in [-0.3, -0.25) is 9.78 Å². The van der Waals surface area contributed by atoms with Crippen molar-refractivity contribution < 1.29 is 18.3 Å². The number of fused-ring (bicyclic) bond motifs is 1. The van der Waals surface area contributed by atoms with Gasteiger partial charge in [0, 0.05) is 23.2 Å². The van der Waals surface area contributed by atoms with Crippen LogP contribution < -0.4 is 5.32 Å². The maximum absolute atomic E-state index is 12.9. The molecule has 0 aliphatic carbocycles. The summed E-state index contributed by atoms with van der Waals surface area (Å²) in [7, 11) is 0. The van der Waals surface area contributed by atoms with Gasteiger partial charge >= 0.3 is 6.55 Å². The molecule has 0 radical (unpaired) electrons. The number of amides is 1. The van der Waals surface area contributed by atoms with E-state index in [9.17, 15) is 13.6 Å². The Balaban J connectivity index is 1.49. The fourth-order valence-corrected chi connectivity index (χ4v) is 3.61. The zero-order valence-electron chi connectivity index (χ0n) is 15.3. The maximum Gasteiger partial charge on any atom is 0.333 e. The number of hydrogen-bond acceptors (Lipinski definition) is 4. The van der Waals surface area contributed by atoms with Gasteiger partial charge in [-0.2, -0.15) is 13.9 Å². The third kappa shape index (κ3) is 3.60. The van der Waals surface area contributed by atoms with Gasteiger partial charge in [-0.1, -0.05) is 18.2 Å². The largest absolute Gasteiger partial charge is 0.379 e. The fraction of sp³-hybridized carbons (Fsp3) is 0.350. The van der Waals surface area contributed by atoms with Gasteiger partial charge in [0.05, 0.1) is 24.8 Å². The molecule has 0 unspecified atom stereocenters. The molecule has 2 aromatic heterocycles. The lowest BCUT2D eigenvalue weighted by Gasteiger charge is -2.19. The molecule has 1 N–H and O–H groups in total. The number of benzene rings is 1. The van der Waals surface area contributed by atoms with E-state index in [1.807, 2.05) is 30.3 Å². The number of hydrogen-bond donors (Lipinski definition) is 1. The fourth-order valence-electron chi connectivity index (χ4n) is 3.61. The summed E-state index contributed by atoms with van der Waals surface area (Å²) in [5, 5.41) is 7.68. The van der Waals surface area contributed by atoms with E-state index in [-0.39, 0.29) is 23.3 Å². The molecule has 4 rings (SSSR count). The topological polar surface area (TPSA) is 69.0 Å². The van der Waals surface area contributed by atoms with Crippen molar-refractivity contribution in [1.29, 1.82) is 0 Å².